The Bertz CT molecular complexity index is 970. The summed E-state index contributed by atoms with van der Waals surface area (Å²) in [5.74, 6) is -1.59. The van der Waals surface area contributed by atoms with E-state index in [0.29, 0.717) is 22.3 Å². The van der Waals surface area contributed by atoms with Crippen LogP contribution in [-0.2, 0) is 4.79 Å². The third-order valence-corrected chi connectivity index (χ3v) is 3.78. The molecule has 1 aliphatic rings. The fraction of sp³-hybridized carbons (Fsp3) is 0. The molecule has 2 aromatic rings. The van der Waals surface area contributed by atoms with Crippen molar-refractivity contribution in [3.05, 3.63) is 88.1 Å². The predicted octanol–water partition coefficient (Wildman–Crippen LogP) is 3.88. The van der Waals surface area contributed by atoms with Crippen molar-refractivity contribution in [2.45, 2.75) is 0 Å². The number of aromatic hydroxyl groups is 2. The van der Waals surface area contributed by atoms with Gasteiger partial charge in [0.2, 0.25) is 5.78 Å². The lowest BCUT2D eigenvalue weighted by molar-refractivity contribution is -0.113. The largest absolute Gasteiger partial charge is 0.504 e. The second-order valence-corrected chi connectivity index (χ2v) is 5.37. The Morgan fingerprint density at radius 1 is 0.920 bits per heavy atom. The lowest BCUT2D eigenvalue weighted by atomic mass is 9.89. The van der Waals surface area contributed by atoms with Gasteiger partial charge in [0.15, 0.2) is 17.3 Å². The van der Waals surface area contributed by atoms with Crippen molar-refractivity contribution in [2.24, 2.45) is 5.18 Å². The molecule has 0 spiro atoms. The molecule has 0 radical (unpaired) electrons. The molecular weight excluding hydrogens is 322 g/mol. The average molecular weight is 335 g/mol. The van der Waals surface area contributed by atoms with Crippen molar-refractivity contribution in [3.8, 4) is 11.5 Å². The minimum atomic E-state index is -0.529. The average Bonchev–Trinajstić information content (AvgIpc) is 2.62. The summed E-state index contributed by atoms with van der Waals surface area (Å²) in [5.41, 5.74) is 2.03. The lowest BCUT2D eigenvalue weighted by Gasteiger charge is -2.15. The van der Waals surface area contributed by atoms with E-state index in [-0.39, 0.29) is 17.2 Å². The number of carbonyl (C=O) groups is 1. The van der Waals surface area contributed by atoms with Crippen LogP contribution in [0.3, 0.4) is 0 Å². The molecular formula is C19H13NO5. The molecule has 0 fully saturated rings. The van der Waals surface area contributed by atoms with E-state index in [4.69, 9.17) is 0 Å². The first kappa shape index (κ1) is 16.2. The van der Waals surface area contributed by atoms with Gasteiger partial charge in [-0.05, 0) is 52.2 Å². The summed E-state index contributed by atoms with van der Waals surface area (Å²) in [5, 5.41) is 32.1. The van der Waals surface area contributed by atoms with E-state index >= 15 is 0 Å². The first-order valence-electron chi connectivity index (χ1n) is 7.33. The van der Waals surface area contributed by atoms with E-state index in [1.807, 2.05) is 0 Å². The van der Waals surface area contributed by atoms with Crippen molar-refractivity contribution >= 4 is 17.0 Å². The highest BCUT2D eigenvalue weighted by atomic mass is 16.3. The number of carbonyl (C=O) groups excluding carboxylic acids is 1. The minimum Gasteiger partial charge on any atom is -0.504 e. The van der Waals surface area contributed by atoms with Crippen LogP contribution >= 0.6 is 0 Å². The van der Waals surface area contributed by atoms with Crippen LogP contribution in [0, 0.1) is 4.91 Å². The van der Waals surface area contributed by atoms with Crippen molar-refractivity contribution in [2.75, 3.05) is 0 Å². The molecule has 0 aliphatic heterocycles. The van der Waals surface area contributed by atoms with Gasteiger partial charge in [0.05, 0.1) is 0 Å². The predicted molar refractivity (Wildman–Crippen MR) is 92.5 cm³/mol. The SMILES string of the molecule is O=Nc1ccccc1C(=C1C=CC(=O)C(O)=C1)c1ccc(O)c(O)c1. The van der Waals surface area contributed by atoms with Gasteiger partial charge in [0.1, 0.15) is 5.69 Å². The summed E-state index contributed by atoms with van der Waals surface area (Å²) in [6.45, 7) is 0. The molecule has 124 valence electrons. The van der Waals surface area contributed by atoms with Crippen LogP contribution in [0.2, 0.25) is 0 Å². The Labute approximate surface area is 142 Å². The molecule has 6 heteroatoms. The molecule has 25 heavy (non-hydrogen) atoms. The number of hydrogen-bond acceptors (Lipinski definition) is 6. The molecule has 3 N–H and O–H groups in total. The standard InChI is InChI=1S/C19H13NO5/c21-15-7-5-11(9-17(15)23)19(12-6-8-16(22)18(24)10-12)13-3-1-2-4-14(13)20-25/h1-10,21,23-24H. The smallest absolute Gasteiger partial charge is 0.220 e. The van der Waals surface area contributed by atoms with E-state index in [9.17, 15) is 25.0 Å². The number of ketones is 1. The maximum absolute atomic E-state index is 11.5. The molecule has 0 bridgehead atoms. The fourth-order valence-corrected chi connectivity index (χ4v) is 2.59. The van der Waals surface area contributed by atoms with Crippen LogP contribution in [0.1, 0.15) is 11.1 Å². The Hall–Kier alpha value is -3.67. The zero-order chi connectivity index (χ0) is 18.0. The quantitative estimate of drug-likeness (QED) is 0.583. The normalized spacial score (nSPS) is 15.7. The molecule has 0 unspecified atom stereocenters. The number of nitrogens with zero attached hydrogens (tertiary/aromatic N) is 1. The second-order valence-electron chi connectivity index (χ2n) is 5.37. The maximum atomic E-state index is 11.5. The number of phenolic OH excluding ortho intramolecular Hbond substituents is 2. The van der Waals surface area contributed by atoms with Crippen LogP contribution in [0.15, 0.2) is 77.2 Å². The molecule has 0 aromatic heterocycles. The molecule has 0 atom stereocenters. The molecule has 3 rings (SSSR count). The number of hydrogen-bond donors (Lipinski definition) is 3. The van der Waals surface area contributed by atoms with Crippen LogP contribution in [0.4, 0.5) is 5.69 Å². The molecule has 1 aliphatic carbocycles. The van der Waals surface area contributed by atoms with E-state index in [0.717, 1.165) is 0 Å². The van der Waals surface area contributed by atoms with Gasteiger partial charge in [0.25, 0.3) is 0 Å². The van der Waals surface area contributed by atoms with Crippen LogP contribution in [-0.4, -0.2) is 21.1 Å². The third kappa shape index (κ3) is 3.05. The number of phenols is 2. The lowest BCUT2D eigenvalue weighted by Crippen LogP contribution is -2.04. The number of benzene rings is 2. The minimum absolute atomic E-state index is 0.163. The first-order chi connectivity index (χ1) is 12.0. The molecule has 0 heterocycles. The van der Waals surface area contributed by atoms with Crippen LogP contribution in [0.5, 0.6) is 11.5 Å². The third-order valence-electron chi connectivity index (χ3n) is 3.78. The zero-order valence-corrected chi connectivity index (χ0v) is 12.9. The van der Waals surface area contributed by atoms with Gasteiger partial charge in [-0.1, -0.05) is 30.3 Å². The maximum Gasteiger partial charge on any atom is 0.220 e. The second kappa shape index (κ2) is 6.45. The summed E-state index contributed by atoms with van der Waals surface area (Å²) in [4.78, 5) is 22.7. The van der Waals surface area contributed by atoms with E-state index in [1.165, 1.54) is 36.4 Å². The molecule has 6 nitrogen and oxygen atoms in total. The Kier molecular flexibility index (Phi) is 4.18. The first-order valence-corrected chi connectivity index (χ1v) is 7.33. The topological polar surface area (TPSA) is 107 Å². The summed E-state index contributed by atoms with van der Waals surface area (Å²) in [6, 6.07) is 10.8. The molecule has 0 amide bonds. The van der Waals surface area contributed by atoms with Gasteiger partial charge in [-0.3, -0.25) is 4.79 Å². The van der Waals surface area contributed by atoms with Gasteiger partial charge in [0, 0.05) is 5.56 Å². The van der Waals surface area contributed by atoms with Gasteiger partial charge in [-0.15, -0.1) is 4.91 Å². The number of rotatable bonds is 3. The summed E-state index contributed by atoms with van der Waals surface area (Å²) >= 11 is 0. The van der Waals surface area contributed by atoms with Gasteiger partial charge < -0.3 is 15.3 Å². The number of allylic oxidation sites excluding steroid dienone is 4. The Balaban J connectivity index is 2.33. The number of nitroso groups, excluding NO2 is 1. The van der Waals surface area contributed by atoms with E-state index in [2.05, 4.69) is 5.18 Å². The fourth-order valence-electron chi connectivity index (χ4n) is 2.59. The highest BCUT2D eigenvalue weighted by Gasteiger charge is 2.19. The summed E-state index contributed by atoms with van der Waals surface area (Å²) < 4.78 is 0. The van der Waals surface area contributed by atoms with Crippen molar-refractivity contribution in [1.29, 1.82) is 0 Å². The van der Waals surface area contributed by atoms with Crippen LogP contribution in [0.25, 0.3) is 5.57 Å². The summed E-state index contributed by atoms with van der Waals surface area (Å²) in [7, 11) is 0. The van der Waals surface area contributed by atoms with Crippen LogP contribution < -0.4 is 0 Å². The highest BCUT2D eigenvalue weighted by Crippen LogP contribution is 2.38. The zero-order valence-electron chi connectivity index (χ0n) is 12.9. The van der Waals surface area contributed by atoms with E-state index < -0.39 is 11.5 Å². The highest BCUT2D eigenvalue weighted by molar-refractivity contribution is 6.06. The number of aliphatic hydroxyl groups excluding tert-OH is 1. The van der Waals surface area contributed by atoms with Crippen molar-refractivity contribution in [1.82, 2.24) is 0 Å². The van der Waals surface area contributed by atoms with E-state index in [1.54, 1.807) is 24.3 Å². The molecule has 0 saturated carbocycles. The van der Waals surface area contributed by atoms with Crippen molar-refractivity contribution < 1.29 is 20.1 Å². The van der Waals surface area contributed by atoms with Crippen molar-refractivity contribution in [3.63, 3.8) is 0 Å². The monoisotopic (exact) mass is 335 g/mol. The van der Waals surface area contributed by atoms with Gasteiger partial charge in [-0.2, -0.15) is 0 Å². The van der Waals surface area contributed by atoms with Gasteiger partial charge >= 0.3 is 0 Å². The Morgan fingerprint density at radius 3 is 2.36 bits per heavy atom. The van der Waals surface area contributed by atoms with Gasteiger partial charge in [-0.25, -0.2) is 0 Å². The number of aliphatic hydroxyl groups is 1. The Morgan fingerprint density at radius 2 is 1.68 bits per heavy atom. The molecule has 0 saturated heterocycles. The molecule has 2 aromatic carbocycles. The summed E-state index contributed by atoms with van der Waals surface area (Å²) in [6.07, 6.45) is 3.99.